The molecular weight excluding hydrogens is 304 g/mol. The quantitative estimate of drug-likeness (QED) is 0.572. The van der Waals surface area contributed by atoms with E-state index >= 15 is 0 Å². The molecule has 0 aliphatic carbocycles. The molecule has 6 heteroatoms. The van der Waals surface area contributed by atoms with E-state index in [2.05, 4.69) is 15.6 Å². The van der Waals surface area contributed by atoms with Gasteiger partial charge in [0.1, 0.15) is 12.3 Å². The highest BCUT2D eigenvalue weighted by Crippen LogP contribution is 2.25. The van der Waals surface area contributed by atoms with E-state index < -0.39 is 0 Å². The maximum absolute atomic E-state index is 12.0. The minimum absolute atomic E-state index is 0.0958. The van der Waals surface area contributed by atoms with Crippen molar-refractivity contribution in [2.75, 3.05) is 0 Å². The lowest BCUT2D eigenvalue weighted by Gasteiger charge is -2.05. The number of phenols is 1. The number of hydrogen-bond acceptors (Lipinski definition) is 4. The minimum atomic E-state index is -0.280. The average Bonchev–Trinajstić information content (AvgIpc) is 2.87. The SMILES string of the molecule is Cc1cc(C)n(CC(=O)N/N=C/c2c(O)ccc3ccccc23)n1. The first-order valence-corrected chi connectivity index (χ1v) is 7.58. The molecule has 122 valence electrons. The summed E-state index contributed by atoms with van der Waals surface area (Å²) < 4.78 is 1.62. The third-order valence-electron chi connectivity index (χ3n) is 3.73. The molecule has 0 saturated heterocycles. The highest BCUT2D eigenvalue weighted by Gasteiger charge is 2.07. The van der Waals surface area contributed by atoms with Crippen LogP contribution in [0.25, 0.3) is 10.8 Å². The number of amides is 1. The molecule has 2 N–H and O–H groups in total. The third kappa shape index (κ3) is 3.27. The van der Waals surface area contributed by atoms with E-state index in [0.717, 1.165) is 22.2 Å². The Morgan fingerprint density at radius 1 is 1.29 bits per heavy atom. The van der Waals surface area contributed by atoms with Crippen LogP contribution in [0.2, 0.25) is 0 Å². The number of aromatic nitrogens is 2. The number of aromatic hydroxyl groups is 1. The first-order valence-electron chi connectivity index (χ1n) is 7.58. The standard InChI is InChI=1S/C18H18N4O2/c1-12-9-13(2)22(21-12)11-18(24)20-19-10-16-15-6-4-3-5-14(15)7-8-17(16)23/h3-10,23H,11H2,1-2H3,(H,20,24)/b19-10+. The summed E-state index contributed by atoms with van der Waals surface area (Å²) in [6.45, 7) is 3.87. The maximum atomic E-state index is 12.0. The lowest BCUT2D eigenvalue weighted by Crippen LogP contribution is -2.24. The van der Waals surface area contributed by atoms with Crippen LogP contribution in [0.3, 0.4) is 0 Å². The van der Waals surface area contributed by atoms with Gasteiger partial charge in [-0.1, -0.05) is 30.3 Å². The fourth-order valence-corrected chi connectivity index (χ4v) is 2.59. The van der Waals surface area contributed by atoms with Crippen molar-refractivity contribution in [2.45, 2.75) is 20.4 Å². The van der Waals surface area contributed by atoms with Gasteiger partial charge in [0.05, 0.1) is 11.9 Å². The fourth-order valence-electron chi connectivity index (χ4n) is 2.59. The smallest absolute Gasteiger partial charge is 0.261 e. The highest BCUT2D eigenvalue weighted by molar-refractivity contribution is 6.02. The van der Waals surface area contributed by atoms with E-state index in [1.54, 1.807) is 10.7 Å². The minimum Gasteiger partial charge on any atom is -0.507 e. The van der Waals surface area contributed by atoms with Crippen molar-refractivity contribution in [3.05, 3.63) is 59.4 Å². The van der Waals surface area contributed by atoms with Crippen molar-refractivity contribution in [1.82, 2.24) is 15.2 Å². The van der Waals surface area contributed by atoms with Crippen LogP contribution in [0.15, 0.2) is 47.6 Å². The Balaban J connectivity index is 1.74. The lowest BCUT2D eigenvalue weighted by atomic mass is 10.0. The van der Waals surface area contributed by atoms with Gasteiger partial charge in [0.25, 0.3) is 5.91 Å². The van der Waals surface area contributed by atoms with E-state index in [0.29, 0.717) is 5.56 Å². The number of nitrogens with one attached hydrogen (secondary N) is 1. The van der Waals surface area contributed by atoms with Gasteiger partial charge in [0, 0.05) is 11.3 Å². The van der Waals surface area contributed by atoms with Gasteiger partial charge < -0.3 is 5.11 Å². The molecule has 3 rings (SSSR count). The van der Waals surface area contributed by atoms with Crippen LogP contribution in [0.5, 0.6) is 5.75 Å². The van der Waals surface area contributed by atoms with Crippen LogP contribution < -0.4 is 5.43 Å². The van der Waals surface area contributed by atoms with E-state index in [-0.39, 0.29) is 18.2 Å². The topological polar surface area (TPSA) is 79.5 Å². The molecule has 0 aliphatic rings. The molecule has 0 unspecified atom stereocenters. The van der Waals surface area contributed by atoms with Crippen molar-refractivity contribution in [3.63, 3.8) is 0 Å². The van der Waals surface area contributed by atoms with Crippen molar-refractivity contribution in [3.8, 4) is 5.75 Å². The molecule has 24 heavy (non-hydrogen) atoms. The molecule has 6 nitrogen and oxygen atoms in total. The van der Waals surface area contributed by atoms with Crippen molar-refractivity contribution < 1.29 is 9.90 Å². The van der Waals surface area contributed by atoms with Crippen molar-refractivity contribution in [2.24, 2.45) is 5.10 Å². The van der Waals surface area contributed by atoms with E-state index in [1.807, 2.05) is 50.2 Å². The zero-order valence-electron chi connectivity index (χ0n) is 13.5. The van der Waals surface area contributed by atoms with Gasteiger partial charge in [-0.15, -0.1) is 0 Å². The van der Waals surface area contributed by atoms with Gasteiger partial charge in [0.2, 0.25) is 0 Å². The summed E-state index contributed by atoms with van der Waals surface area (Å²) >= 11 is 0. The molecule has 1 heterocycles. The van der Waals surface area contributed by atoms with Crippen LogP contribution in [-0.4, -0.2) is 27.0 Å². The normalized spacial score (nSPS) is 11.2. The molecule has 1 amide bonds. The van der Waals surface area contributed by atoms with E-state index in [4.69, 9.17) is 0 Å². The molecule has 3 aromatic rings. The molecule has 0 radical (unpaired) electrons. The van der Waals surface area contributed by atoms with Gasteiger partial charge in [0.15, 0.2) is 0 Å². The number of benzene rings is 2. The number of nitrogens with zero attached hydrogens (tertiary/aromatic N) is 3. The Kier molecular flexibility index (Phi) is 4.29. The Morgan fingerprint density at radius 2 is 2.08 bits per heavy atom. The second-order valence-corrected chi connectivity index (χ2v) is 5.60. The Morgan fingerprint density at radius 3 is 2.83 bits per heavy atom. The molecule has 0 fully saturated rings. The number of phenolic OH excluding ortho intramolecular Hbond substituents is 1. The largest absolute Gasteiger partial charge is 0.507 e. The van der Waals surface area contributed by atoms with Crippen LogP contribution in [-0.2, 0) is 11.3 Å². The molecule has 0 atom stereocenters. The van der Waals surface area contributed by atoms with Gasteiger partial charge in [-0.05, 0) is 36.8 Å². The Labute approximate surface area is 139 Å². The van der Waals surface area contributed by atoms with Crippen molar-refractivity contribution in [1.29, 1.82) is 0 Å². The van der Waals surface area contributed by atoms with E-state index in [9.17, 15) is 9.90 Å². The summed E-state index contributed by atoms with van der Waals surface area (Å²) in [5.74, 6) is -0.164. The van der Waals surface area contributed by atoms with Gasteiger partial charge in [-0.3, -0.25) is 9.48 Å². The van der Waals surface area contributed by atoms with E-state index in [1.165, 1.54) is 6.21 Å². The number of aryl methyl sites for hydroxylation is 2. The molecule has 0 spiro atoms. The fraction of sp³-hybridized carbons (Fsp3) is 0.167. The number of carbonyl (C=O) groups is 1. The van der Waals surface area contributed by atoms with Crippen LogP contribution in [0.1, 0.15) is 17.0 Å². The lowest BCUT2D eigenvalue weighted by molar-refractivity contribution is -0.121. The van der Waals surface area contributed by atoms with Crippen LogP contribution in [0.4, 0.5) is 0 Å². The summed E-state index contributed by atoms with van der Waals surface area (Å²) in [6.07, 6.45) is 1.46. The second kappa shape index (κ2) is 6.54. The summed E-state index contributed by atoms with van der Waals surface area (Å²) in [7, 11) is 0. The summed E-state index contributed by atoms with van der Waals surface area (Å²) in [5, 5.41) is 20.1. The third-order valence-corrected chi connectivity index (χ3v) is 3.73. The Bertz CT molecular complexity index is 928. The second-order valence-electron chi connectivity index (χ2n) is 5.60. The first-order chi connectivity index (χ1) is 11.5. The molecule has 0 saturated carbocycles. The number of hydrazone groups is 1. The number of rotatable bonds is 4. The predicted octanol–water partition coefficient (Wildman–Crippen LogP) is 2.51. The summed E-state index contributed by atoms with van der Waals surface area (Å²) in [6, 6.07) is 13.0. The molecular formula is C18H18N4O2. The average molecular weight is 322 g/mol. The highest BCUT2D eigenvalue weighted by atomic mass is 16.3. The zero-order chi connectivity index (χ0) is 17.1. The van der Waals surface area contributed by atoms with Gasteiger partial charge in [-0.25, -0.2) is 5.43 Å². The monoisotopic (exact) mass is 322 g/mol. The molecule has 2 aromatic carbocycles. The maximum Gasteiger partial charge on any atom is 0.261 e. The molecule has 0 aliphatic heterocycles. The van der Waals surface area contributed by atoms with Crippen molar-refractivity contribution >= 4 is 22.9 Å². The van der Waals surface area contributed by atoms with Crippen LogP contribution in [0, 0.1) is 13.8 Å². The van der Waals surface area contributed by atoms with Gasteiger partial charge >= 0.3 is 0 Å². The first kappa shape index (κ1) is 15.7. The Hall–Kier alpha value is -3.15. The number of fused-ring (bicyclic) bond motifs is 1. The molecule has 1 aromatic heterocycles. The van der Waals surface area contributed by atoms with Crippen LogP contribution >= 0.6 is 0 Å². The number of hydrogen-bond donors (Lipinski definition) is 2. The number of carbonyl (C=O) groups excluding carboxylic acids is 1. The summed E-state index contributed by atoms with van der Waals surface area (Å²) in [4.78, 5) is 12.0. The summed E-state index contributed by atoms with van der Waals surface area (Å²) in [5.41, 5.74) is 4.82. The predicted molar refractivity (Wildman–Crippen MR) is 93.1 cm³/mol. The zero-order valence-corrected chi connectivity index (χ0v) is 13.5. The van der Waals surface area contributed by atoms with Gasteiger partial charge in [-0.2, -0.15) is 10.2 Å². The molecule has 0 bridgehead atoms.